The fourth-order valence-electron chi connectivity index (χ4n) is 5.01. The lowest BCUT2D eigenvalue weighted by Gasteiger charge is -2.37. The van der Waals surface area contributed by atoms with Gasteiger partial charge in [-0.2, -0.15) is 0 Å². The lowest BCUT2D eigenvalue weighted by molar-refractivity contribution is -0.385. The molecule has 2 heterocycles. The summed E-state index contributed by atoms with van der Waals surface area (Å²) in [6.45, 7) is 12.4. The van der Waals surface area contributed by atoms with Crippen LogP contribution in [0.15, 0.2) is 97.1 Å². The second-order valence-corrected chi connectivity index (χ2v) is 11.3. The van der Waals surface area contributed by atoms with Gasteiger partial charge in [-0.25, -0.2) is 0 Å². The molecule has 4 aromatic rings. The Kier molecular flexibility index (Phi) is 12.1. The van der Waals surface area contributed by atoms with E-state index < -0.39 is 4.92 Å². The summed E-state index contributed by atoms with van der Waals surface area (Å²) < 4.78 is 0. The Labute approximate surface area is 269 Å². The van der Waals surface area contributed by atoms with Crippen LogP contribution < -0.4 is 20.0 Å². The van der Waals surface area contributed by atoms with Crippen LogP contribution in [0.5, 0.6) is 0 Å². The molecule has 0 spiro atoms. The molecule has 0 unspecified atom stereocenters. The van der Waals surface area contributed by atoms with Crippen molar-refractivity contribution < 1.29 is 9.85 Å². The highest BCUT2D eigenvalue weighted by Gasteiger charge is 2.18. The maximum atomic E-state index is 10.7. The molecule has 11 heteroatoms. The van der Waals surface area contributed by atoms with Crippen LogP contribution >= 0.6 is 11.6 Å². The Hall–Kier alpha value is -4.67. The average Bonchev–Trinajstić information content (AvgIpc) is 3.07. The zero-order valence-electron chi connectivity index (χ0n) is 25.6. The van der Waals surface area contributed by atoms with Crippen molar-refractivity contribution in [3.8, 4) is 0 Å². The van der Waals surface area contributed by atoms with Crippen molar-refractivity contribution in [1.29, 1.82) is 0 Å². The number of rotatable bonds is 5. The molecule has 2 aliphatic rings. The molecule has 6 rings (SSSR count). The van der Waals surface area contributed by atoms with Gasteiger partial charge in [0.05, 0.1) is 9.85 Å². The minimum absolute atomic E-state index is 0.0596. The zero-order chi connectivity index (χ0) is 32.2. The first-order chi connectivity index (χ1) is 21.7. The number of benzene rings is 4. The third kappa shape index (κ3) is 10.2. The first-order valence-electron chi connectivity index (χ1n) is 14.9. The van der Waals surface area contributed by atoms with Gasteiger partial charge in [0.25, 0.3) is 11.4 Å². The second kappa shape index (κ2) is 16.4. The van der Waals surface area contributed by atoms with Crippen molar-refractivity contribution in [2.45, 2.75) is 13.8 Å². The van der Waals surface area contributed by atoms with Gasteiger partial charge in [0.2, 0.25) is 0 Å². The Morgan fingerprint density at radius 1 is 0.533 bits per heavy atom. The molecule has 2 saturated heterocycles. The van der Waals surface area contributed by atoms with Crippen LogP contribution in [0.1, 0.15) is 11.1 Å². The molecule has 2 fully saturated rings. The van der Waals surface area contributed by atoms with E-state index in [2.05, 4.69) is 82.4 Å². The number of nitro benzene ring substituents is 2. The van der Waals surface area contributed by atoms with Crippen LogP contribution in [0.4, 0.5) is 28.4 Å². The van der Waals surface area contributed by atoms with Gasteiger partial charge in [-0.05, 0) is 62.4 Å². The molecule has 0 saturated carbocycles. The summed E-state index contributed by atoms with van der Waals surface area (Å²) in [4.78, 5) is 27.0. The molecule has 10 nitrogen and oxygen atoms in total. The lowest BCUT2D eigenvalue weighted by atomic mass is 10.2. The number of anilines is 3. The molecule has 0 radical (unpaired) electrons. The van der Waals surface area contributed by atoms with Gasteiger partial charge in [0, 0.05) is 98.7 Å². The molecule has 1 N–H and O–H groups in total. The lowest BCUT2D eigenvalue weighted by Crippen LogP contribution is -2.46. The topological polar surface area (TPSA) is 108 Å². The first-order valence-corrected chi connectivity index (χ1v) is 15.3. The SMILES string of the molecule is Cc1ccc(N2CCN(c3ccc([N+](=O)[O-])cc3)CC2)cc1.Cc1ccc(N2CCNCC2)cc1.O=[N+]([O-])c1ccc(Cl)cc1. The van der Waals surface area contributed by atoms with E-state index in [4.69, 9.17) is 11.6 Å². The van der Waals surface area contributed by atoms with Crippen molar-refractivity contribution in [1.82, 2.24) is 5.32 Å². The zero-order valence-corrected chi connectivity index (χ0v) is 26.4. The number of aryl methyl sites for hydroxylation is 2. The Bertz CT molecular complexity index is 1500. The standard InChI is InChI=1S/C17H19N3O2.C11H16N2.C6H4ClNO2/c1-14-2-4-15(5-3-14)18-10-12-19(13-11-18)16-6-8-17(9-7-16)20(21)22;1-10-2-4-11(5-3-10)13-8-6-12-7-9-13;7-5-1-3-6(4-2-5)8(9)10/h2-9H,10-13H2,1H3;2-5,12H,6-9H2,1H3;1-4H. The van der Waals surface area contributed by atoms with Crippen molar-refractivity contribution in [3.63, 3.8) is 0 Å². The molecule has 45 heavy (non-hydrogen) atoms. The molecule has 4 aromatic carbocycles. The molecule has 236 valence electrons. The summed E-state index contributed by atoms with van der Waals surface area (Å²) in [6.07, 6.45) is 0. The molecule has 2 aliphatic heterocycles. The van der Waals surface area contributed by atoms with Gasteiger partial charge in [0.1, 0.15) is 0 Å². The summed E-state index contributed by atoms with van der Waals surface area (Å²) >= 11 is 5.49. The first kappa shape index (κ1) is 33.2. The van der Waals surface area contributed by atoms with Crippen LogP contribution in [-0.2, 0) is 0 Å². The summed E-state index contributed by atoms with van der Waals surface area (Å²) in [7, 11) is 0. The predicted molar refractivity (Wildman–Crippen MR) is 183 cm³/mol. The van der Waals surface area contributed by atoms with E-state index in [1.54, 1.807) is 12.1 Å². The van der Waals surface area contributed by atoms with Crippen LogP contribution in [0.25, 0.3) is 0 Å². The third-order valence-electron chi connectivity index (χ3n) is 7.66. The Morgan fingerprint density at radius 2 is 0.844 bits per heavy atom. The summed E-state index contributed by atoms with van der Waals surface area (Å²) in [5, 5.41) is 24.6. The number of hydrogen-bond donors (Lipinski definition) is 1. The average molecular weight is 631 g/mol. The van der Waals surface area contributed by atoms with Crippen molar-refractivity contribution in [2.75, 3.05) is 67.1 Å². The minimum atomic E-state index is -0.462. The van der Waals surface area contributed by atoms with E-state index in [0.29, 0.717) is 5.02 Å². The number of piperazine rings is 2. The molecular formula is C34H39ClN6O4. The van der Waals surface area contributed by atoms with Crippen molar-refractivity contribution >= 4 is 40.0 Å². The summed E-state index contributed by atoms with van der Waals surface area (Å²) in [6, 6.07) is 29.9. The number of halogens is 1. The fourth-order valence-corrected chi connectivity index (χ4v) is 5.13. The van der Waals surface area contributed by atoms with Crippen LogP contribution in [0.2, 0.25) is 5.02 Å². The van der Waals surface area contributed by atoms with Crippen LogP contribution in [0.3, 0.4) is 0 Å². The van der Waals surface area contributed by atoms with Gasteiger partial charge in [-0.15, -0.1) is 0 Å². The second-order valence-electron chi connectivity index (χ2n) is 10.9. The number of nitrogens with one attached hydrogen (secondary N) is 1. The molecule has 0 aliphatic carbocycles. The van der Waals surface area contributed by atoms with Gasteiger partial charge >= 0.3 is 0 Å². The number of non-ortho nitro benzene ring substituents is 2. The largest absolute Gasteiger partial charge is 0.369 e. The molecule has 0 aromatic heterocycles. The van der Waals surface area contributed by atoms with Gasteiger partial charge < -0.3 is 20.0 Å². The van der Waals surface area contributed by atoms with Gasteiger partial charge in [-0.1, -0.05) is 47.0 Å². The van der Waals surface area contributed by atoms with E-state index in [0.717, 1.165) is 58.0 Å². The van der Waals surface area contributed by atoms with Crippen LogP contribution in [0, 0.1) is 34.1 Å². The van der Waals surface area contributed by atoms with E-state index >= 15 is 0 Å². The monoisotopic (exact) mass is 630 g/mol. The van der Waals surface area contributed by atoms with E-state index in [1.165, 1.54) is 46.8 Å². The normalized spacial score (nSPS) is 14.4. The van der Waals surface area contributed by atoms with Crippen molar-refractivity contribution in [2.24, 2.45) is 0 Å². The molecule has 0 atom stereocenters. The number of hydrogen-bond acceptors (Lipinski definition) is 8. The fraction of sp³-hybridized carbons (Fsp3) is 0.294. The summed E-state index contributed by atoms with van der Waals surface area (Å²) in [5.41, 5.74) is 6.47. The van der Waals surface area contributed by atoms with Crippen molar-refractivity contribution in [3.05, 3.63) is 133 Å². The smallest absolute Gasteiger partial charge is 0.269 e. The third-order valence-corrected chi connectivity index (χ3v) is 7.91. The molecule has 0 amide bonds. The number of nitrogens with zero attached hydrogens (tertiary/aromatic N) is 5. The van der Waals surface area contributed by atoms with Crippen LogP contribution in [-0.4, -0.2) is 62.2 Å². The highest BCUT2D eigenvalue weighted by atomic mass is 35.5. The summed E-state index contributed by atoms with van der Waals surface area (Å²) in [5.74, 6) is 0. The van der Waals surface area contributed by atoms with E-state index in [1.807, 2.05) is 12.1 Å². The minimum Gasteiger partial charge on any atom is -0.369 e. The predicted octanol–water partition coefficient (Wildman–Crippen LogP) is 6.88. The van der Waals surface area contributed by atoms with E-state index in [9.17, 15) is 20.2 Å². The van der Waals surface area contributed by atoms with Gasteiger partial charge in [0.15, 0.2) is 0 Å². The van der Waals surface area contributed by atoms with E-state index in [-0.39, 0.29) is 16.3 Å². The maximum Gasteiger partial charge on any atom is 0.269 e. The quantitative estimate of drug-likeness (QED) is 0.188. The highest BCUT2D eigenvalue weighted by molar-refractivity contribution is 6.30. The Balaban J connectivity index is 0.000000170. The number of nitro groups is 2. The molecule has 0 bridgehead atoms. The molecular weight excluding hydrogens is 592 g/mol. The maximum absolute atomic E-state index is 10.7. The van der Waals surface area contributed by atoms with Gasteiger partial charge in [-0.3, -0.25) is 20.2 Å². The highest BCUT2D eigenvalue weighted by Crippen LogP contribution is 2.23. The Morgan fingerprint density at radius 3 is 1.20 bits per heavy atom.